The zero-order valence-corrected chi connectivity index (χ0v) is 20.0. The molecule has 3 atom stereocenters. The fourth-order valence-electron chi connectivity index (χ4n) is 5.36. The number of nitrogens with one attached hydrogen (secondary N) is 1. The number of ether oxygens (including phenoxy) is 1. The highest BCUT2D eigenvalue weighted by Crippen LogP contribution is 2.51. The second-order valence-corrected chi connectivity index (χ2v) is 9.65. The Balaban J connectivity index is 1.87. The van der Waals surface area contributed by atoms with Gasteiger partial charge >= 0.3 is 0 Å². The Labute approximate surface area is 198 Å². The maximum Gasteiger partial charge on any atom is 0.265 e. The van der Waals surface area contributed by atoms with Crippen LogP contribution in [0.5, 0.6) is 0 Å². The molecule has 0 aliphatic carbocycles. The first-order chi connectivity index (χ1) is 16.0. The highest BCUT2D eigenvalue weighted by molar-refractivity contribution is 7.12. The summed E-state index contributed by atoms with van der Waals surface area (Å²) >= 11 is 1.36. The van der Waals surface area contributed by atoms with Crippen molar-refractivity contribution < 1.29 is 19.1 Å². The Kier molecular flexibility index (Phi) is 7.14. The lowest BCUT2D eigenvalue weighted by atomic mass is 9.85. The van der Waals surface area contributed by atoms with Gasteiger partial charge in [0.15, 0.2) is 0 Å². The number of benzene rings is 1. The first-order valence-electron chi connectivity index (χ1n) is 11.5. The van der Waals surface area contributed by atoms with Crippen LogP contribution < -0.4 is 5.32 Å². The van der Waals surface area contributed by atoms with Gasteiger partial charge in [-0.2, -0.15) is 0 Å². The minimum Gasteiger partial charge on any atom is -0.383 e. The molecule has 1 aromatic heterocycles. The third-order valence-corrected chi connectivity index (χ3v) is 7.73. The van der Waals surface area contributed by atoms with Crippen molar-refractivity contribution in [2.24, 2.45) is 5.92 Å². The van der Waals surface area contributed by atoms with Gasteiger partial charge in [-0.05, 0) is 42.7 Å². The maximum atomic E-state index is 14.1. The van der Waals surface area contributed by atoms with Crippen LogP contribution >= 0.6 is 11.3 Å². The molecule has 3 amide bonds. The molecule has 33 heavy (non-hydrogen) atoms. The fourth-order valence-corrected chi connectivity index (χ4v) is 6.02. The molecular weight excluding hydrogens is 438 g/mol. The summed E-state index contributed by atoms with van der Waals surface area (Å²) in [6.45, 7) is 1.53. The number of thiophene rings is 1. The summed E-state index contributed by atoms with van der Waals surface area (Å²) in [5.41, 5.74) is -0.198. The lowest BCUT2D eigenvalue weighted by molar-refractivity contribution is -0.142. The summed E-state index contributed by atoms with van der Waals surface area (Å²) in [7, 11) is 3.23. The lowest BCUT2D eigenvalue weighted by Crippen LogP contribution is -2.58. The van der Waals surface area contributed by atoms with Gasteiger partial charge in [0.2, 0.25) is 11.8 Å². The van der Waals surface area contributed by atoms with Crippen LogP contribution in [0.25, 0.3) is 0 Å². The molecular formula is C25H31N3O4S. The van der Waals surface area contributed by atoms with Crippen molar-refractivity contribution >= 4 is 29.1 Å². The van der Waals surface area contributed by atoms with Crippen LogP contribution in [0.3, 0.4) is 0 Å². The molecule has 2 aliphatic heterocycles. The van der Waals surface area contributed by atoms with Gasteiger partial charge in [0.25, 0.3) is 5.91 Å². The number of hydrogen-bond donors (Lipinski definition) is 1. The zero-order chi connectivity index (χ0) is 23.4. The molecule has 3 heterocycles. The molecule has 2 fully saturated rings. The summed E-state index contributed by atoms with van der Waals surface area (Å²) in [4.78, 5) is 45.4. The fraction of sp³-hybridized carbons (Fsp3) is 0.480. The van der Waals surface area contributed by atoms with Crippen LogP contribution in [-0.4, -0.2) is 66.9 Å². The number of rotatable bonds is 6. The Morgan fingerprint density at radius 3 is 2.64 bits per heavy atom. The van der Waals surface area contributed by atoms with Gasteiger partial charge in [-0.15, -0.1) is 11.3 Å². The summed E-state index contributed by atoms with van der Waals surface area (Å²) < 4.78 is 5.25. The summed E-state index contributed by atoms with van der Waals surface area (Å²) in [5.74, 6) is -0.931. The molecule has 0 unspecified atom stereocenters. The molecule has 7 nitrogen and oxygen atoms in total. The minimum absolute atomic E-state index is 0.0747. The molecule has 1 aromatic carbocycles. The SMILES string of the molecule is CNC(=O)[C@H]1C[C@]2(CCCCN(CCOC)C2=O)N(C(=O)c2cccs2)[C@H]1c1ccccc1. The number of amides is 3. The highest BCUT2D eigenvalue weighted by atomic mass is 32.1. The highest BCUT2D eigenvalue weighted by Gasteiger charge is 2.61. The third kappa shape index (κ3) is 4.29. The van der Waals surface area contributed by atoms with E-state index in [0.717, 1.165) is 18.4 Å². The predicted octanol–water partition coefficient (Wildman–Crippen LogP) is 3.10. The first-order valence-corrected chi connectivity index (χ1v) is 12.3. The van der Waals surface area contributed by atoms with E-state index in [4.69, 9.17) is 4.74 Å². The van der Waals surface area contributed by atoms with Crippen molar-refractivity contribution in [3.8, 4) is 0 Å². The monoisotopic (exact) mass is 469 g/mol. The van der Waals surface area contributed by atoms with Crippen molar-refractivity contribution in [3.63, 3.8) is 0 Å². The van der Waals surface area contributed by atoms with E-state index in [9.17, 15) is 14.4 Å². The lowest BCUT2D eigenvalue weighted by Gasteiger charge is -2.41. The Hall–Kier alpha value is -2.71. The number of carbonyl (C=O) groups excluding carboxylic acids is 3. The molecule has 1 spiro atoms. The standard InChI is InChI=1S/C25H31N3O4S/c1-26-22(29)19-17-25(12-6-7-13-27(24(25)31)14-15-32-2)28(23(30)20-11-8-16-33-20)21(19)18-9-4-3-5-10-18/h3-5,8-11,16,19,21H,6-7,12-15,17H2,1-2H3,(H,26,29)/t19-,21-,25-/m0/s1. The normalized spacial score (nSPS) is 25.3. The van der Waals surface area contributed by atoms with E-state index < -0.39 is 17.5 Å². The van der Waals surface area contributed by atoms with Crippen molar-refractivity contribution in [1.29, 1.82) is 0 Å². The Morgan fingerprint density at radius 1 is 1.18 bits per heavy atom. The van der Waals surface area contributed by atoms with Crippen molar-refractivity contribution in [3.05, 3.63) is 58.3 Å². The summed E-state index contributed by atoms with van der Waals surface area (Å²) in [5, 5.41) is 4.64. The molecule has 176 valence electrons. The van der Waals surface area contributed by atoms with Crippen LogP contribution in [0, 0.1) is 5.92 Å². The average molecular weight is 470 g/mol. The molecule has 2 saturated heterocycles. The zero-order valence-electron chi connectivity index (χ0n) is 19.2. The summed E-state index contributed by atoms with van der Waals surface area (Å²) in [6, 6.07) is 12.7. The number of carbonyl (C=O) groups is 3. The molecule has 0 saturated carbocycles. The van der Waals surface area contributed by atoms with Crippen molar-refractivity contribution in [2.45, 2.75) is 37.3 Å². The second-order valence-electron chi connectivity index (χ2n) is 8.71. The molecule has 4 rings (SSSR count). The number of nitrogens with zero attached hydrogens (tertiary/aromatic N) is 2. The second kappa shape index (κ2) is 10.1. The molecule has 8 heteroatoms. The van der Waals surface area contributed by atoms with Crippen LogP contribution in [-0.2, 0) is 14.3 Å². The van der Waals surface area contributed by atoms with Gasteiger partial charge in [0, 0.05) is 27.2 Å². The topological polar surface area (TPSA) is 79.0 Å². The molecule has 0 radical (unpaired) electrons. The third-order valence-electron chi connectivity index (χ3n) is 6.87. The van der Waals surface area contributed by atoms with E-state index in [1.807, 2.05) is 46.7 Å². The Morgan fingerprint density at radius 2 is 1.97 bits per heavy atom. The van der Waals surface area contributed by atoms with Gasteiger partial charge in [-0.3, -0.25) is 14.4 Å². The van der Waals surface area contributed by atoms with E-state index in [0.29, 0.717) is 37.4 Å². The van der Waals surface area contributed by atoms with E-state index in [-0.39, 0.29) is 17.7 Å². The van der Waals surface area contributed by atoms with E-state index in [2.05, 4.69) is 5.32 Å². The smallest absolute Gasteiger partial charge is 0.265 e. The van der Waals surface area contributed by atoms with Gasteiger partial charge in [0.1, 0.15) is 5.54 Å². The van der Waals surface area contributed by atoms with Gasteiger partial charge < -0.3 is 19.9 Å². The van der Waals surface area contributed by atoms with Crippen LogP contribution in [0.15, 0.2) is 47.8 Å². The van der Waals surface area contributed by atoms with Crippen molar-refractivity contribution in [2.75, 3.05) is 33.9 Å². The molecule has 2 aliphatic rings. The van der Waals surface area contributed by atoms with E-state index in [1.165, 1.54) is 11.3 Å². The number of methoxy groups -OCH3 is 1. The number of hydrogen-bond acceptors (Lipinski definition) is 5. The largest absolute Gasteiger partial charge is 0.383 e. The van der Waals surface area contributed by atoms with Gasteiger partial charge in [-0.25, -0.2) is 0 Å². The van der Waals surface area contributed by atoms with Gasteiger partial charge in [0.05, 0.1) is 23.4 Å². The first kappa shape index (κ1) is 23.4. The van der Waals surface area contributed by atoms with Crippen LogP contribution in [0.1, 0.15) is 47.0 Å². The molecule has 0 bridgehead atoms. The quantitative estimate of drug-likeness (QED) is 0.705. The van der Waals surface area contributed by atoms with Crippen LogP contribution in [0.4, 0.5) is 0 Å². The average Bonchev–Trinajstić information content (AvgIpc) is 3.47. The minimum atomic E-state index is -1.07. The van der Waals surface area contributed by atoms with E-state index in [1.54, 1.807) is 25.1 Å². The van der Waals surface area contributed by atoms with Gasteiger partial charge in [-0.1, -0.05) is 36.4 Å². The maximum absolute atomic E-state index is 14.1. The molecule has 2 aromatic rings. The molecule has 1 N–H and O–H groups in total. The Bertz CT molecular complexity index is 981. The summed E-state index contributed by atoms with van der Waals surface area (Å²) in [6.07, 6.45) is 2.53. The predicted molar refractivity (Wildman–Crippen MR) is 127 cm³/mol. The number of likely N-dealkylation sites (tertiary alicyclic amines) is 2. The van der Waals surface area contributed by atoms with Crippen molar-refractivity contribution in [1.82, 2.24) is 15.1 Å². The van der Waals surface area contributed by atoms with Crippen LogP contribution in [0.2, 0.25) is 0 Å². The van der Waals surface area contributed by atoms with E-state index >= 15 is 0 Å².